The van der Waals surface area contributed by atoms with Gasteiger partial charge in [-0.2, -0.15) is 0 Å². The number of hydrogen-bond acceptors (Lipinski definition) is 2. The predicted molar refractivity (Wildman–Crippen MR) is 73.1 cm³/mol. The fraction of sp³-hybridized carbons (Fsp3) is 0.812. The number of esters is 1. The Morgan fingerprint density at radius 2 is 2.11 bits per heavy atom. The second-order valence-electron chi connectivity index (χ2n) is 6.97. The number of hydrogen-bond donors (Lipinski definition) is 0. The lowest BCUT2D eigenvalue weighted by Crippen LogP contribution is -2.26. The van der Waals surface area contributed by atoms with Gasteiger partial charge in [0.05, 0.1) is 0 Å². The molecule has 4 unspecified atom stereocenters. The van der Waals surface area contributed by atoms with Gasteiger partial charge in [0.15, 0.2) is 0 Å². The van der Waals surface area contributed by atoms with Crippen LogP contribution in [0.1, 0.15) is 53.9 Å². The van der Waals surface area contributed by atoms with Gasteiger partial charge in [0.2, 0.25) is 0 Å². The highest BCUT2D eigenvalue weighted by Crippen LogP contribution is 2.74. The van der Waals surface area contributed by atoms with E-state index in [0.29, 0.717) is 16.7 Å². The van der Waals surface area contributed by atoms with E-state index >= 15 is 0 Å². The molecule has 2 fully saturated rings. The van der Waals surface area contributed by atoms with Crippen molar-refractivity contribution in [2.75, 3.05) is 0 Å². The summed E-state index contributed by atoms with van der Waals surface area (Å²) in [5.74, 6) is 1.43. The molecule has 102 valence electrons. The summed E-state index contributed by atoms with van der Waals surface area (Å²) in [7, 11) is 0. The van der Waals surface area contributed by atoms with Crippen LogP contribution in [0.3, 0.4) is 0 Å². The molecule has 0 N–H and O–H groups in total. The molecule has 0 amide bonds. The minimum absolute atomic E-state index is 0.00612. The van der Waals surface area contributed by atoms with Crippen molar-refractivity contribution in [1.82, 2.24) is 0 Å². The van der Waals surface area contributed by atoms with Crippen LogP contribution >= 0.6 is 0 Å². The Labute approximate surface area is 111 Å². The first-order valence-electron chi connectivity index (χ1n) is 7.11. The van der Waals surface area contributed by atoms with E-state index in [1.807, 2.05) is 6.92 Å². The van der Waals surface area contributed by atoms with Gasteiger partial charge in [-0.3, -0.25) is 4.79 Å². The summed E-state index contributed by atoms with van der Waals surface area (Å²) in [6.07, 6.45) is 8.13. The summed E-state index contributed by atoms with van der Waals surface area (Å²) >= 11 is 0. The Morgan fingerprint density at radius 3 is 2.61 bits per heavy atom. The largest absolute Gasteiger partial charge is 0.463 e. The summed E-state index contributed by atoms with van der Waals surface area (Å²) in [6, 6.07) is 0. The standard InChI is InChI=1S/C16H26O2/c1-11(18-12(2)17)7-6-8-13-9-14-10-16(14,5)15(13,3)4/h6,8,11,13-14H,7,9-10H2,1-5H3/b8-6+. The van der Waals surface area contributed by atoms with E-state index in [2.05, 4.69) is 32.9 Å². The van der Waals surface area contributed by atoms with E-state index in [1.54, 1.807) is 0 Å². The Hall–Kier alpha value is -0.790. The summed E-state index contributed by atoms with van der Waals surface area (Å²) < 4.78 is 5.13. The van der Waals surface area contributed by atoms with Gasteiger partial charge in [0.25, 0.3) is 0 Å². The molecule has 0 bridgehead atoms. The van der Waals surface area contributed by atoms with Gasteiger partial charge < -0.3 is 4.74 Å². The van der Waals surface area contributed by atoms with Crippen molar-refractivity contribution in [3.05, 3.63) is 12.2 Å². The smallest absolute Gasteiger partial charge is 0.302 e. The average molecular weight is 250 g/mol. The fourth-order valence-electron chi connectivity index (χ4n) is 3.70. The topological polar surface area (TPSA) is 26.3 Å². The van der Waals surface area contributed by atoms with Gasteiger partial charge in [0.1, 0.15) is 6.10 Å². The molecule has 2 rings (SSSR count). The minimum atomic E-state index is -0.189. The van der Waals surface area contributed by atoms with E-state index in [1.165, 1.54) is 19.8 Å². The zero-order chi connectivity index (χ0) is 13.6. The molecule has 0 radical (unpaired) electrons. The van der Waals surface area contributed by atoms with Gasteiger partial charge in [-0.1, -0.05) is 32.9 Å². The molecule has 0 spiro atoms. The van der Waals surface area contributed by atoms with Crippen molar-refractivity contribution >= 4 is 5.97 Å². The lowest BCUT2D eigenvalue weighted by Gasteiger charge is -2.33. The number of allylic oxidation sites excluding steroid dienone is 1. The maximum atomic E-state index is 10.8. The maximum absolute atomic E-state index is 10.8. The zero-order valence-corrected chi connectivity index (χ0v) is 12.3. The van der Waals surface area contributed by atoms with Crippen LogP contribution in [0.15, 0.2) is 12.2 Å². The van der Waals surface area contributed by atoms with Crippen LogP contribution in [-0.2, 0) is 9.53 Å². The molecular formula is C16H26O2. The van der Waals surface area contributed by atoms with Crippen LogP contribution in [0.5, 0.6) is 0 Å². The molecular weight excluding hydrogens is 224 g/mol. The molecule has 2 heteroatoms. The van der Waals surface area contributed by atoms with Gasteiger partial charge in [-0.15, -0.1) is 0 Å². The molecule has 2 aliphatic carbocycles. The third-order valence-electron chi connectivity index (χ3n) is 5.55. The SMILES string of the molecule is CC(=O)OC(C)C/C=C/C1CC2CC2(C)C1(C)C. The second-order valence-corrected chi connectivity index (χ2v) is 6.97. The quantitative estimate of drug-likeness (QED) is 0.557. The first-order chi connectivity index (χ1) is 8.27. The highest BCUT2D eigenvalue weighted by molar-refractivity contribution is 5.66. The van der Waals surface area contributed by atoms with E-state index < -0.39 is 0 Å². The van der Waals surface area contributed by atoms with Crippen LogP contribution in [-0.4, -0.2) is 12.1 Å². The van der Waals surface area contributed by atoms with Crippen LogP contribution in [0, 0.1) is 22.7 Å². The van der Waals surface area contributed by atoms with Crippen molar-refractivity contribution in [3.8, 4) is 0 Å². The van der Waals surface area contributed by atoms with Crippen molar-refractivity contribution in [1.29, 1.82) is 0 Å². The molecule has 0 aromatic carbocycles. The van der Waals surface area contributed by atoms with Gasteiger partial charge >= 0.3 is 5.97 Å². The van der Waals surface area contributed by atoms with Crippen LogP contribution in [0.25, 0.3) is 0 Å². The zero-order valence-electron chi connectivity index (χ0n) is 12.3. The Balaban J connectivity index is 1.86. The maximum Gasteiger partial charge on any atom is 0.302 e. The Bertz CT molecular complexity index is 369. The molecule has 4 atom stereocenters. The number of rotatable bonds is 4. The molecule has 18 heavy (non-hydrogen) atoms. The van der Waals surface area contributed by atoms with E-state index in [0.717, 1.165) is 12.3 Å². The highest BCUT2D eigenvalue weighted by Gasteiger charge is 2.66. The molecule has 0 aromatic heterocycles. The number of carbonyl (C=O) groups is 1. The van der Waals surface area contributed by atoms with E-state index in [-0.39, 0.29) is 12.1 Å². The predicted octanol–water partition coefficient (Wildman–Crippen LogP) is 3.96. The van der Waals surface area contributed by atoms with Crippen molar-refractivity contribution < 1.29 is 9.53 Å². The van der Waals surface area contributed by atoms with Crippen LogP contribution in [0.4, 0.5) is 0 Å². The van der Waals surface area contributed by atoms with Crippen LogP contribution in [0.2, 0.25) is 0 Å². The van der Waals surface area contributed by atoms with E-state index in [9.17, 15) is 4.79 Å². The van der Waals surface area contributed by atoms with Gasteiger partial charge in [-0.05, 0) is 42.4 Å². The molecule has 0 heterocycles. The normalized spacial score (nSPS) is 38.5. The summed E-state index contributed by atoms with van der Waals surface area (Å²) in [6.45, 7) is 10.7. The molecule has 2 saturated carbocycles. The second kappa shape index (κ2) is 4.40. The van der Waals surface area contributed by atoms with Crippen molar-refractivity contribution in [3.63, 3.8) is 0 Å². The number of fused-ring (bicyclic) bond motifs is 1. The van der Waals surface area contributed by atoms with Crippen LogP contribution < -0.4 is 0 Å². The third-order valence-corrected chi connectivity index (χ3v) is 5.55. The molecule has 0 saturated heterocycles. The van der Waals surface area contributed by atoms with Crippen molar-refractivity contribution in [2.24, 2.45) is 22.7 Å². The Morgan fingerprint density at radius 1 is 1.44 bits per heavy atom. The molecule has 2 aliphatic rings. The van der Waals surface area contributed by atoms with Crippen molar-refractivity contribution in [2.45, 2.75) is 60.0 Å². The summed E-state index contributed by atoms with van der Waals surface area (Å²) in [5, 5.41) is 0. The number of carbonyl (C=O) groups excluding carboxylic acids is 1. The van der Waals surface area contributed by atoms with Gasteiger partial charge in [-0.25, -0.2) is 0 Å². The average Bonchev–Trinajstić information content (AvgIpc) is 2.83. The minimum Gasteiger partial charge on any atom is -0.463 e. The first-order valence-corrected chi connectivity index (χ1v) is 7.11. The number of ether oxygens (including phenoxy) is 1. The third kappa shape index (κ3) is 2.22. The van der Waals surface area contributed by atoms with Gasteiger partial charge in [0, 0.05) is 13.3 Å². The molecule has 0 aliphatic heterocycles. The molecule has 0 aromatic rings. The fourth-order valence-corrected chi connectivity index (χ4v) is 3.70. The molecule has 2 nitrogen and oxygen atoms in total. The highest BCUT2D eigenvalue weighted by atomic mass is 16.5. The monoisotopic (exact) mass is 250 g/mol. The van der Waals surface area contributed by atoms with E-state index in [4.69, 9.17) is 4.74 Å². The lowest BCUT2D eigenvalue weighted by molar-refractivity contribution is -0.145. The summed E-state index contributed by atoms with van der Waals surface area (Å²) in [5.41, 5.74) is 0.988. The first kappa shape index (κ1) is 13.6. The lowest BCUT2D eigenvalue weighted by atomic mass is 9.71. The Kier molecular flexibility index (Phi) is 3.33. The summed E-state index contributed by atoms with van der Waals surface area (Å²) in [4.78, 5) is 10.8.